The Morgan fingerprint density at radius 2 is 1.86 bits per heavy atom. The second-order valence-corrected chi connectivity index (χ2v) is 7.39. The van der Waals surface area contributed by atoms with Gasteiger partial charge in [0.05, 0.1) is 16.8 Å². The molecule has 2 aromatic carbocycles. The van der Waals surface area contributed by atoms with E-state index >= 15 is 0 Å². The summed E-state index contributed by atoms with van der Waals surface area (Å²) in [7, 11) is 0. The molecule has 0 saturated heterocycles. The molecule has 2 rings (SSSR count). The number of anilines is 1. The van der Waals surface area contributed by atoms with Crippen molar-refractivity contribution >= 4 is 11.3 Å². The van der Waals surface area contributed by atoms with Gasteiger partial charge in [-0.1, -0.05) is 30.9 Å². The number of hydrazine groups is 1. The van der Waals surface area contributed by atoms with Crippen molar-refractivity contribution in [3.8, 4) is 17.6 Å². The number of aromatic hydroxyl groups is 1. The topological polar surface area (TPSA) is 68.5 Å². The second kappa shape index (κ2) is 8.64. The van der Waals surface area contributed by atoms with Crippen LogP contribution in [0.25, 0.3) is 5.57 Å². The molecule has 0 aromatic heterocycles. The Hall–Kier alpha value is -3.23. The van der Waals surface area contributed by atoms with Crippen LogP contribution in [0.4, 0.5) is 5.69 Å². The highest BCUT2D eigenvalue weighted by Crippen LogP contribution is 2.30. The summed E-state index contributed by atoms with van der Waals surface area (Å²) in [5.74, 6) is 0.634. The van der Waals surface area contributed by atoms with Crippen molar-refractivity contribution in [2.75, 3.05) is 5.43 Å². The first-order chi connectivity index (χ1) is 13.2. The van der Waals surface area contributed by atoms with Gasteiger partial charge in [-0.05, 0) is 75.2 Å². The van der Waals surface area contributed by atoms with Crippen LogP contribution in [0.3, 0.4) is 0 Å². The summed E-state index contributed by atoms with van der Waals surface area (Å²) in [5, 5.41) is 20.9. The lowest BCUT2D eigenvalue weighted by Crippen LogP contribution is -2.47. The van der Waals surface area contributed by atoms with Crippen molar-refractivity contribution in [1.82, 2.24) is 5.17 Å². The smallest absolute Gasteiger partial charge is 0.149 e. The Balaban J connectivity index is 2.28. The molecule has 0 saturated carbocycles. The molecule has 2 aromatic rings. The van der Waals surface area contributed by atoms with E-state index in [0.29, 0.717) is 17.0 Å². The minimum absolute atomic E-state index is 0.0333. The van der Waals surface area contributed by atoms with Crippen LogP contribution in [-0.2, 0) is 0 Å². The molecule has 28 heavy (non-hydrogen) atoms. The van der Waals surface area contributed by atoms with Gasteiger partial charge in [0, 0.05) is 5.56 Å². The fourth-order valence-electron chi connectivity index (χ4n) is 2.56. The summed E-state index contributed by atoms with van der Waals surface area (Å²) < 4.78 is 0. The average Bonchev–Trinajstić information content (AvgIpc) is 2.66. The van der Waals surface area contributed by atoms with Crippen molar-refractivity contribution in [2.24, 2.45) is 0 Å². The number of hydrogen-bond donors (Lipinski definition) is 2. The minimum Gasteiger partial charge on any atom is -0.506 e. The molecule has 0 spiro atoms. The van der Waals surface area contributed by atoms with Crippen molar-refractivity contribution < 1.29 is 9.94 Å². The maximum atomic E-state index is 10.2. The summed E-state index contributed by atoms with van der Waals surface area (Å²) in [6.07, 6.45) is 3.82. The van der Waals surface area contributed by atoms with E-state index in [9.17, 15) is 5.11 Å². The molecule has 0 heterocycles. The number of rotatable bonds is 6. The van der Waals surface area contributed by atoms with Crippen LogP contribution in [-0.4, -0.2) is 15.8 Å². The molecule has 5 nitrogen and oxygen atoms in total. The number of nitrogens with zero attached hydrogens (tertiary/aromatic N) is 2. The number of phenols is 1. The SMILES string of the molecule is C=C/C(=C\C)c1ccc(ON(Nc2ccc(C#N)c(O)c2C)C(C)(C)C)cc1. The minimum atomic E-state index is -0.385. The van der Waals surface area contributed by atoms with E-state index in [1.54, 1.807) is 24.2 Å². The maximum Gasteiger partial charge on any atom is 0.149 e. The molecule has 0 aliphatic rings. The van der Waals surface area contributed by atoms with Crippen molar-refractivity contribution in [2.45, 2.75) is 40.2 Å². The van der Waals surface area contributed by atoms with Crippen LogP contribution in [0.5, 0.6) is 11.5 Å². The molecule has 0 amide bonds. The Morgan fingerprint density at radius 3 is 2.36 bits per heavy atom. The monoisotopic (exact) mass is 377 g/mol. The fourth-order valence-corrected chi connectivity index (χ4v) is 2.56. The number of nitriles is 1. The average molecular weight is 377 g/mol. The van der Waals surface area contributed by atoms with E-state index < -0.39 is 0 Å². The van der Waals surface area contributed by atoms with E-state index in [2.05, 4.69) is 12.0 Å². The highest BCUT2D eigenvalue weighted by Gasteiger charge is 2.25. The van der Waals surface area contributed by atoms with Crippen molar-refractivity contribution in [3.63, 3.8) is 0 Å². The summed E-state index contributed by atoms with van der Waals surface area (Å²) in [5.41, 5.74) is 6.41. The first-order valence-corrected chi connectivity index (χ1v) is 9.08. The largest absolute Gasteiger partial charge is 0.506 e. The predicted molar refractivity (Wildman–Crippen MR) is 114 cm³/mol. The molecular weight excluding hydrogens is 350 g/mol. The first kappa shape index (κ1) is 21.1. The number of nitrogens with one attached hydrogen (secondary N) is 1. The molecule has 146 valence electrons. The van der Waals surface area contributed by atoms with Crippen LogP contribution in [0.2, 0.25) is 0 Å². The van der Waals surface area contributed by atoms with E-state index in [1.165, 1.54) is 0 Å². The van der Waals surface area contributed by atoms with E-state index in [-0.39, 0.29) is 16.9 Å². The molecule has 0 fully saturated rings. The van der Waals surface area contributed by atoms with Gasteiger partial charge in [-0.15, -0.1) is 0 Å². The zero-order valence-corrected chi connectivity index (χ0v) is 17.1. The van der Waals surface area contributed by atoms with Gasteiger partial charge < -0.3 is 9.94 Å². The molecule has 0 atom stereocenters. The Kier molecular flexibility index (Phi) is 6.50. The predicted octanol–water partition coefficient (Wildman–Crippen LogP) is 5.58. The molecule has 0 radical (unpaired) electrons. The lowest BCUT2D eigenvalue weighted by atomic mass is 10.1. The van der Waals surface area contributed by atoms with Gasteiger partial charge in [-0.25, -0.2) is 0 Å². The molecule has 5 heteroatoms. The summed E-state index contributed by atoms with van der Waals surface area (Å²) >= 11 is 0. The van der Waals surface area contributed by atoms with Crippen molar-refractivity contribution in [1.29, 1.82) is 5.26 Å². The van der Waals surface area contributed by atoms with Crippen LogP contribution in [0.15, 0.2) is 55.1 Å². The van der Waals surface area contributed by atoms with Crippen LogP contribution in [0, 0.1) is 18.3 Å². The van der Waals surface area contributed by atoms with E-state index in [4.69, 9.17) is 10.1 Å². The fraction of sp³-hybridized carbons (Fsp3) is 0.261. The maximum absolute atomic E-state index is 10.2. The van der Waals surface area contributed by atoms with Gasteiger partial charge in [0.25, 0.3) is 0 Å². The standard InChI is InChI=1S/C23H27N3O2/c1-7-17(8-2)18-9-12-20(13-10-18)28-26(23(4,5)6)25-21-14-11-19(15-24)22(27)16(21)3/h7-14,25,27H,1H2,2-6H3/b17-8+. The Labute approximate surface area is 167 Å². The van der Waals surface area contributed by atoms with E-state index in [0.717, 1.165) is 11.1 Å². The molecule has 0 aliphatic carbocycles. The zero-order valence-electron chi connectivity index (χ0n) is 17.1. The third kappa shape index (κ3) is 4.73. The van der Waals surface area contributed by atoms with Gasteiger partial charge in [0.1, 0.15) is 17.6 Å². The summed E-state index contributed by atoms with van der Waals surface area (Å²) in [6, 6.07) is 13.1. The number of hydroxylamine groups is 1. The van der Waals surface area contributed by atoms with E-state index in [1.807, 2.05) is 70.2 Å². The lowest BCUT2D eigenvalue weighted by Gasteiger charge is -2.35. The summed E-state index contributed by atoms with van der Waals surface area (Å²) in [6.45, 7) is 13.6. The van der Waals surface area contributed by atoms with Gasteiger partial charge in [0.15, 0.2) is 0 Å². The second-order valence-electron chi connectivity index (χ2n) is 7.39. The first-order valence-electron chi connectivity index (χ1n) is 9.08. The molecule has 0 bridgehead atoms. The van der Waals surface area contributed by atoms with Crippen molar-refractivity contribution in [3.05, 3.63) is 71.8 Å². The Bertz CT molecular complexity index is 917. The van der Waals surface area contributed by atoms with Crippen LogP contribution < -0.4 is 10.3 Å². The zero-order chi connectivity index (χ0) is 20.9. The third-order valence-corrected chi connectivity index (χ3v) is 4.30. The number of phenolic OH excluding ortho intramolecular Hbond substituents is 1. The van der Waals surface area contributed by atoms with Gasteiger partial charge in [-0.2, -0.15) is 5.26 Å². The normalized spacial score (nSPS) is 11.8. The number of hydrogen-bond acceptors (Lipinski definition) is 5. The molecular formula is C23H27N3O2. The summed E-state index contributed by atoms with van der Waals surface area (Å²) in [4.78, 5) is 6.07. The quantitative estimate of drug-likeness (QED) is 0.508. The lowest BCUT2D eigenvalue weighted by molar-refractivity contribution is -0.103. The van der Waals surface area contributed by atoms with Crippen LogP contribution >= 0.6 is 0 Å². The molecule has 0 aliphatic heterocycles. The third-order valence-electron chi connectivity index (χ3n) is 4.30. The number of allylic oxidation sites excluding steroid dienone is 3. The molecule has 2 N–H and O–H groups in total. The van der Waals surface area contributed by atoms with Gasteiger partial charge in [0.2, 0.25) is 0 Å². The highest BCUT2D eigenvalue weighted by molar-refractivity contribution is 5.73. The van der Waals surface area contributed by atoms with Gasteiger partial charge >= 0.3 is 0 Å². The molecule has 0 unspecified atom stereocenters. The number of benzene rings is 2. The van der Waals surface area contributed by atoms with Gasteiger partial charge in [-0.3, -0.25) is 5.43 Å². The highest BCUT2D eigenvalue weighted by atomic mass is 16.7. The van der Waals surface area contributed by atoms with Crippen LogP contribution in [0.1, 0.15) is 44.4 Å². The Morgan fingerprint density at radius 1 is 1.21 bits per heavy atom.